The van der Waals surface area contributed by atoms with Crippen molar-refractivity contribution in [2.75, 3.05) is 0 Å². The Kier molecular flexibility index (Phi) is 15.1. The van der Waals surface area contributed by atoms with Crippen LogP contribution in [0.4, 0.5) is 0 Å². The van der Waals surface area contributed by atoms with E-state index in [2.05, 4.69) is 67.9 Å². The first-order valence-corrected chi connectivity index (χ1v) is 10.4. The SMILES string of the molecule is CC.CC.CC.[B]1c2ccccc2Cc2cccc(Cc3[c-]cccc3)c21.[Y]. The van der Waals surface area contributed by atoms with Crippen LogP contribution in [0.2, 0.25) is 0 Å². The smallest absolute Gasteiger partial charge is 0.180 e. The molecule has 144 valence electrons. The number of hydrogen-bond acceptors (Lipinski definition) is 0. The topological polar surface area (TPSA) is 0 Å². The Morgan fingerprint density at radius 1 is 0.750 bits per heavy atom. The molecule has 0 amide bonds. The van der Waals surface area contributed by atoms with Crippen molar-refractivity contribution in [3.8, 4) is 0 Å². The zero-order chi connectivity index (χ0) is 20.1. The van der Waals surface area contributed by atoms with E-state index in [1.54, 1.807) is 0 Å². The maximum atomic E-state index is 3.33. The van der Waals surface area contributed by atoms with E-state index >= 15 is 0 Å². The molecule has 3 aromatic rings. The third kappa shape index (κ3) is 7.34. The van der Waals surface area contributed by atoms with E-state index in [9.17, 15) is 0 Å². The van der Waals surface area contributed by atoms with Gasteiger partial charge in [-0.05, 0) is 24.0 Å². The Hall–Kier alpha value is -1.17. The summed E-state index contributed by atoms with van der Waals surface area (Å²) in [6, 6.07) is 26.9. The van der Waals surface area contributed by atoms with E-state index in [1.165, 1.54) is 33.2 Å². The van der Waals surface area contributed by atoms with Gasteiger partial charge in [-0.2, -0.15) is 35.9 Å². The molecule has 0 atom stereocenters. The molecule has 28 heavy (non-hydrogen) atoms. The predicted molar refractivity (Wildman–Crippen MR) is 123 cm³/mol. The Morgan fingerprint density at radius 3 is 2.07 bits per heavy atom. The van der Waals surface area contributed by atoms with E-state index in [-0.39, 0.29) is 32.7 Å². The van der Waals surface area contributed by atoms with Crippen molar-refractivity contribution in [2.24, 2.45) is 0 Å². The molecule has 1 aliphatic heterocycles. The number of benzene rings is 3. The predicted octanol–water partition coefficient (Wildman–Crippen LogP) is 5.71. The largest absolute Gasteiger partial charge is 0.192 e. The molecular weight excluding hydrogens is 412 g/mol. The average molecular weight is 445 g/mol. The van der Waals surface area contributed by atoms with Gasteiger partial charge in [-0.25, -0.2) is 0 Å². The van der Waals surface area contributed by atoms with Crippen LogP contribution in [0.15, 0.2) is 66.7 Å². The first kappa shape index (κ1) is 26.8. The van der Waals surface area contributed by atoms with Gasteiger partial charge in [-0.15, -0.1) is 0 Å². The maximum absolute atomic E-state index is 3.33. The second-order valence-electron chi connectivity index (χ2n) is 5.57. The van der Waals surface area contributed by atoms with Crippen molar-refractivity contribution in [3.05, 3.63) is 95.1 Å². The minimum absolute atomic E-state index is 0. The van der Waals surface area contributed by atoms with Crippen molar-refractivity contribution in [3.63, 3.8) is 0 Å². The van der Waals surface area contributed by atoms with E-state index in [0.717, 1.165) is 12.8 Å². The summed E-state index contributed by atoms with van der Waals surface area (Å²) in [5.74, 6) is 0. The Morgan fingerprint density at radius 2 is 1.39 bits per heavy atom. The molecule has 2 heteroatoms. The van der Waals surface area contributed by atoms with Crippen LogP contribution in [-0.2, 0) is 45.6 Å². The van der Waals surface area contributed by atoms with Gasteiger partial charge >= 0.3 is 0 Å². The van der Waals surface area contributed by atoms with Gasteiger partial charge in [0.15, 0.2) is 7.28 Å². The van der Waals surface area contributed by atoms with Gasteiger partial charge in [0.25, 0.3) is 0 Å². The quantitative estimate of drug-likeness (QED) is 0.274. The second-order valence-corrected chi connectivity index (χ2v) is 5.57. The van der Waals surface area contributed by atoms with E-state index < -0.39 is 0 Å². The van der Waals surface area contributed by atoms with Crippen LogP contribution >= 0.6 is 0 Å². The summed E-state index contributed by atoms with van der Waals surface area (Å²) in [6.07, 6.45) is 1.98. The molecule has 0 nitrogen and oxygen atoms in total. The molecule has 0 bridgehead atoms. The Bertz CT molecular complexity index is 781. The van der Waals surface area contributed by atoms with Gasteiger partial charge in [0.1, 0.15) is 0 Å². The molecule has 0 aromatic heterocycles. The normalized spacial score (nSPS) is 9.79. The molecule has 0 N–H and O–H groups in total. The van der Waals surface area contributed by atoms with Crippen molar-refractivity contribution in [1.29, 1.82) is 0 Å². The van der Waals surface area contributed by atoms with Crippen molar-refractivity contribution in [1.82, 2.24) is 0 Å². The van der Waals surface area contributed by atoms with E-state index in [4.69, 9.17) is 0 Å². The van der Waals surface area contributed by atoms with Crippen molar-refractivity contribution >= 4 is 18.2 Å². The van der Waals surface area contributed by atoms with Crippen LogP contribution in [0.1, 0.15) is 63.8 Å². The van der Waals surface area contributed by atoms with Crippen LogP contribution in [0.25, 0.3) is 0 Å². The van der Waals surface area contributed by atoms with Gasteiger partial charge in [0.2, 0.25) is 0 Å². The van der Waals surface area contributed by atoms with Gasteiger partial charge in [-0.1, -0.05) is 100 Å². The van der Waals surface area contributed by atoms with Gasteiger partial charge in [0, 0.05) is 32.7 Å². The van der Waals surface area contributed by atoms with Gasteiger partial charge in [-0.3, -0.25) is 0 Å². The van der Waals surface area contributed by atoms with Gasteiger partial charge in [0.05, 0.1) is 0 Å². The summed E-state index contributed by atoms with van der Waals surface area (Å²) in [5, 5.41) is 0. The fourth-order valence-electron chi connectivity index (χ4n) is 3.10. The minimum atomic E-state index is 0. The molecule has 3 aromatic carbocycles. The zero-order valence-corrected chi connectivity index (χ0v) is 21.3. The van der Waals surface area contributed by atoms with Crippen LogP contribution in [0.3, 0.4) is 0 Å². The summed E-state index contributed by atoms with van der Waals surface area (Å²) >= 11 is 0. The zero-order valence-electron chi connectivity index (χ0n) is 18.4. The third-order valence-electron chi connectivity index (χ3n) is 4.18. The molecule has 4 rings (SSSR count). The molecular formula is C26H33BY-. The minimum Gasteiger partial charge on any atom is -0.180 e. The molecule has 0 spiro atoms. The second kappa shape index (κ2) is 15.7. The third-order valence-corrected chi connectivity index (χ3v) is 4.18. The van der Waals surface area contributed by atoms with E-state index in [0.29, 0.717) is 0 Å². The summed E-state index contributed by atoms with van der Waals surface area (Å²) < 4.78 is 0. The summed E-state index contributed by atoms with van der Waals surface area (Å²) in [5.41, 5.74) is 8.25. The van der Waals surface area contributed by atoms with E-state index in [1.807, 2.05) is 53.7 Å². The number of hydrogen-bond donors (Lipinski definition) is 0. The fourth-order valence-corrected chi connectivity index (χ4v) is 3.10. The molecule has 1 heterocycles. The average Bonchev–Trinajstić information content (AvgIpc) is 2.78. The number of rotatable bonds is 2. The molecule has 0 fully saturated rings. The summed E-state index contributed by atoms with van der Waals surface area (Å²) in [6.45, 7) is 12.0. The van der Waals surface area contributed by atoms with Crippen LogP contribution < -0.4 is 10.9 Å². The monoisotopic (exact) mass is 445 g/mol. The summed E-state index contributed by atoms with van der Waals surface area (Å²) in [4.78, 5) is 0. The summed E-state index contributed by atoms with van der Waals surface area (Å²) in [7, 11) is 2.34. The molecule has 2 radical (unpaired) electrons. The number of fused-ring (bicyclic) bond motifs is 2. The Labute approximate surface area is 199 Å². The molecule has 0 saturated carbocycles. The van der Waals surface area contributed by atoms with Crippen LogP contribution in [-0.4, -0.2) is 7.28 Å². The molecule has 0 aliphatic carbocycles. The molecule has 0 saturated heterocycles. The van der Waals surface area contributed by atoms with Crippen LogP contribution in [0.5, 0.6) is 0 Å². The first-order valence-electron chi connectivity index (χ1n) is 10.4. The van der Waals surface area contributed by atoms with Crippen molar-refractivity contribution in [2.45, 2.75) is 54.4 Å². The van der Waals surface area contributed by atoms with Crippen LogP contribution in [0, 0.1) is 6.07 Å². The standard InChI is InChI=1S/C20H15B.3C2H6.Y/c1-2-7-15(8-3-1)13-17-10-6-11-18-14-16-9-4-5-12-19(16)21-20(17)18;3*1-2;/h1-7,9-12H,13-14H2;3*1-2H3;/q-1;;;;. The van der Waals surface area contributed by atoms with Crippen molar-refractivity contribution < 1.29 is 32.7 Å². The molecule has 1 aliphatic rings. The Balaban J connectivity index is 0.000000957. The molecule has 0 unspecified atom stereocenters. The van der Waals surface area contributed by atoms with Gasteiger partial charge < -0.3 is 0 Å². The maximum Gasteiger partial charge on any atom is 0.192 e. The first-order chi connectivity index (χ1) is 13.4. The fraction of sp³-hybridized carbons (Fsp3) is 0.308.